The van der Waals surface area contributed by atoms with Gasteiger partial charge in [0.05, 0.1) is 6.04 Å². The smallest absolute Gasteiger partial charge is 0.325 e. The summed E-state index contributed by atoms with van der Waals surface area (Å²) in [6.45, 7) is 8.31. The summed E-state index contributed by atoms with van der Waals surface area (Å²) < 4.78 is 0. The fourth-order valence-electron chi connectivity index (χ4n) is 2.49. The van der Waals surface area contributed by atoms with Crippen LogP contribution in [0.5, 0.6) is 0 Å². The van der Waals surface area contributed by atoms with E-state index in [9.17, 15) is 24.0 Å². The van der Waals surface area contributed by atoms with Gasteiger partial charge in [0.15, 0.2) is 0 Å². The van der Waals surface area contributed by atoms with Gasteiger partial charge in [-0.05, 0) is 25.2 Å². The molecule has 0 fully saturated rings. The van der Waals surface area contributed by atoms with Crippen molar-refractivity contribution in [3.63, 3.8) is 0 Å². The van der Waals surface area contributed by atoms with Crippen molar-refractivity contribution in [2.24, 2.45) is 23.3 Å². The van der Waals surface area contributed by atoms with E-state index in [-0.39, 0.29) is 24.7 Å². The summed E-state index contributed by atoms with van der Waals surface area (Å²) in [6, 6.07) is -4.17. The highest BCUT2D eigenvalue weighted by Gasteiger charge is 2.31. The van der Waals surface area contributed by atoms with E-state index in [0.717, 1.165) is 0 Å². The van der Waals surface area contributed by atoms with E-state index in [0.29, 0.717) is 6.42 Å². The largest absolute Gasteiger partial charge is 0.480 e. The lowest BCUT2D eigenvalue weighted by molar-refractivity contribution is -0.142. The van der Waals surface area contributed by atoms with E-state index in [2.05, 4.69) is 16.0 Å². The van der Waals surface area contributed by atoms with E-state index < -0.39 is 53.8 Å². The Kier molecular flexibility index (Phi) is 11.6. The number of nitrogens with two attached hydrogens (primary N) is 2. The van der Waals surface area contributed by atoms with Crippen LogP contribution >= 0.6 is 0 Å². The highest BCUT2D eigenvalue weighted by Crippen LogP contribution is 2.08. The second-order valence-electron chi connectivity index (χ2n) is 7.78. The summed E-state index contributed by atoms with van der Waals surface area (Å²) >= 11 is 0. The van der Waals surface area contributed by atoms with Gasteiger partial charge in [-0.1, -0.05) is 34.1 Å². The molecule has 0 aliphatic carbocycles. The van der Waals surface area contributed by atoms with Crippen LogP contribution in [-0.4, -0.2) is 58.9 Å². The maximum Gasteiger partial charge on any atom is 0.325 e. The molecular weight excluding hydrogens is 394 g/mol. The molecule has 11 heteroatoms. The number of carboxylic acid groups (broad SMARTS) is 1. The predicted octanol–water partition coefficient (Wildman–Crippen LogP) is -1.16. The molecular formula is C19H35N5O6. The predicted molar refractivity (Wildman–Crippen MR) is 110 cm³/mol. The van der Waals surface area contributed by atoms with Crippen LogP contribution in [0.1, 0.15) is 53.9 Å². The Morgan fingerprint density at radius 2 is 1.47 bits per heavy atom. The number of carboxylic acids is 1. The number of hydrogen-bond donors (Lipinski definition) is 6. The maximum absolute atomic E-state index is 12.8. The van der Waals surface area contributed by atoms with Gasteiger partial charge in [-0.2, -0.15) is 0 Å². The van der Waals surface area contributed by atoms with Gasteiger partial charge in [-0.3, -0.25) is 24.0 Å². The third-order valence-electron chi connectivity index (χ3n) is 4.85. The molecule has 0 aliphatic heterocycles. The lowest BCUT2D eigenvalue weighted by Crippen LogP contribution is -2.58. The normalized spacial score (nSPS) is 16.0. The number of aliphatic carboxylic acids is 1. The molecule has 0 saturated carbocycles. The molecule has 11 nitrogen and oxygen atoms in total. The molecule has 5 atom stereocenters. The minimum atomic E-state index is -1.22. The van der Waals surface area contributed by atoms with Gasteiger partial charge in [0.2, 0.25) is 23.6 Å². The lowest BCUT2D eigenvalue weighted by atomic mass is 9.98. The molecule has 0 aliphatic rings. The van der Waals surface area contributed by atoms with Crippen molar-refractivity contribution in [2.75, 3.05) is 0 Å². The Hall–Kier alpha value is -2.69. The third-order valence-corrected chi connectivity index (χ3v) is 4.85. The van der Waals surface area contributed by atoms with Crippen molar-refractivity contribution in [3.05, 3.63) is 0 Å². The molecule has 0 saturated heterocycles. The zero-order valence-corrected chi connectivity index (χ0v) is 18.2. The topological polar surface area (TPSA) is 194 Å². The number of primary amides is 1. The van der Waals surface area contributed by atoms with Crippen molar-refractivity contribution >= 4 is 29.6 Å². The summed E-state index contributed by atoms with van der Waals surface area (Å²) in [4.78, 5) is 59.7. The summed E-state index contributed by atoms with van der Waals surface area (Å²) in [6.07, 6.45) is 0.424. The first-order valence-electron chi connectivity index (χ1n) is 9.99. The third kappa shape index (κ3) is 9.21. The van der Waals surface area contributed by atoms with Gasteiger partial charge in [0, 0.05) is 6.42 Å². The van der Waals surface area contributed by atoms with Crippen LogP contribution in [0.4, 0.5) is 0 Å². The standard InChI is InChI=1S/C19H35N5O6/c1-6-10(4)14(21)17(27)23-12(7-8-13(20)25)16(26)24-15(9(2)3)18(28)22-11(5)19(29)30/h9-12,14-15H,6-8,21H2,1-5H3,(H2,20,25)(H,22,28)(H,23,27)(H,24,26)(H,29,30). The van der Waals surface area contributed by atoms with Crippen LogP contribution < -0.4 is 27.4 Å². The van der Waals surface area contributed by atoms with Crippen LogP contribution in [0.3, 0.4) is 0 Å². The first kappa shape index (κ1) is 27.3. The van der Waals surface area contributed by atoms with E-state index in [1.807, 2.05) is 6.92 Å². The maximum atomic E-state index is 12.8. The minimum Gasteiger partial charge on any atom is -0.480 e. The fourth-order valence-corrected chi connectivity index (χ4v) is 2.49. The Bertz CT molecular complexity index is 639. The van der Waals surface area contributed by atoms with Crippen molar-refractivity contribution < 1.29 is 29.1 Å². The van der Waals surface area contributed by atoms with Gasteiger partial charge >= 0.3 is 5.97 Å². The van der Waals surface area contributed by atoms with Crippen LogP contribution in [0.2, 0.25) is 0 Å². The highest BCUT2D eigenvalue weighted by atomic mass is 16.4. The molecule has 0 rings (SSSR count). The van der Waals surface area contributed by atoms with Crippen molar-refractivity contribution in [3.8, 4) is 0 Å². The van der Waals surface area contributed by atoms with Crippen LogP contribution in [0.15, 0.2) is 0 Å². The summed E-state index contributed by atoms with van der Waals surface area (Å²) in [5.41, 5.74) is 11.1. The van der Waals surface area contributed by atoms with Crippen molar-refractivity contribution in [1.82, 2.24) is 16.0 Å². The highest BCUT2D eigenvalue weighted by molar-refractivity contribution is 5.94. The van der Waals surface area contributed by atoms with E-state index in [1.165, 1.54) is 6.92 Å². The number of hydrogen-bond acceptors (Lipinski definition) is 6. The van der Waals surface area contributed by atoms with Crippen LogP contribution in [0, 0.1) is 11.8 Å². The SMILES string of the molecule is CCC(C)C(N)C(=O)NC(CCC(N)=O)C(=O)NC(C(=O)NC(C)C(=O)O)C(C)C. The summed E-state index contributed by atoms with van der Waals surface area (Å²) in [7, 11) is 0. The summed E-state index contributed by atoms with van der Waals surface area (Å²) in [5, 5.41) is 16.3. The zero-order valence-electron chi connectivity index (χ0n) is 18.2. The molecule has 30 heavy (non-hydrogen) atoms. The Balaban J connectivity index is 5.38. The Morgan fingerprint density at radius 1 is 0.900 bits per heavy atom. The molecule has 0 bridgehead atoms. The lowest BCUT2D eigenvalue weighted by Gasteiger charge is -2.27. The minimum absolute atomic E-state index is 0.0713. The molecule has 0 heterocycles. The molecule has 0 spiro atoms. The van der Waals surface area contributed by atoms with E-state index in [4.69, 9.17) is 16.6 Å². The number of carbonyl (C=O) groups is 5. The Morgan fingerprint density at radius 3 is 1.90 bits per heavy atom. The van der Waals surface area contributed by atoms with Gasteiger partial charge < -0.3 is 32.5 Å². The molecule has 0 aromatic heterocycles. The van der Waals surface area contributed by atoms with Crippen LogP contribution in [-0.2, 0) is 24.0 Å². The van der Waals surface area contributed by atoms with Gasteiger partial charge in [0.1, 0.15) is 18.1 Å². The van der Waals surface area contributed by atoms with E-state index in [1.54, 1.807) is 20.8 Å². The molecule has 172 valence electrons. The fraction of sp³-hybridized carbons (Fsp3) is 0.737. The summed E-state index contributed by atoms with van der Waals surface area (Å²) in [5.74, 6) is -4.30. The van der Waals surface area contributed by atoms with Crippen LogP contribution in [0.25, 0.3) is 0 Å². The monoisotopic (exact) mass is 429 g/mol. The molecule has 0 radical (unpaired) electrons. The van der Waals surface area contributed by atoms with Gasteiger partial charge in [-0.25, -0.2) is 0 Å². The second-order valence-corrected chi connectivity index (χ2v) is 7.78. The molecule has 5 unspecified atom stereocenters. The molecule has 8 N–H and O–H groups in total. The van der Waals surface area contributed by atoms with Crippen molar-refractivity contribution in [1.29, 1.82) is 0 Å². The number of rotatable bonds is 13. The average molecular weight is 430 g/mol. The second kappa shape index (κ2) is 12.8. The zero-order chi connectivity index (χ0) is 23.6. The first-order valence-corrected chi connectivity index (χ1v) is 9.99. The molecule has 0 aromatic carbocycles. The molecule has 0 aromatic rings. The number of nitrogens with one attached hydrogen (secondary N) is 3. The first-order chi connectivity index (χ1) is 13.8. The van der Waals surface area contributed by atoms with Gasteiger partial charge in [0.25, 0.3) is 0 Å². The van der Waals surface area contributed by atoms with Gasteiger partial charge in [-0.15, -0.1) is 0 Å². The average Bonchev–Trinajstić information content (AvgIpc) is 2.66. The van der Waals surface area contributed by atoms with E-state index >= 15 is 0 Å². The number of carbonyl (C=O) groups excluding carboxylic acids is 4. The van der Waals surface area contributed by atoms with Crippen molar-refractivity contribution in [2.45, 2.75) is 78.0 Å². The quantitative estimate of drug-likeness (QED) is 0.212. The number of amides is 4. The molecule has 4 amide bonds. The Labute approximate surface area is 176 Å².